The van der Waals surface area contributed by atoms with Gasteiger partial charge in [0.25, 0.3) is 0 Å². The molecule has 1 fully saturated rings. The smallest absolute Gasteiger partial charge is 0.304 e. The zero-order chi connectivity index (χ0) is 23.8. The van der Waals surface area contributed by atoms with Gasteiger partial charge in [-0.3, -0.25) is 9.69 Å². The van der Waals surface area contributed by atoms with Crippen LogP contribution in [0.15, 0.2) is 78.9 Å². The maximum atomic E-state index is 11.1. The molecule has 3 aromatic carbocycles. The second kappa shape index (κ2) is 11.5. The average molecular weight is 454 g/mol. The third kappa shape index (κ3) is 6.50. The lowest BCUT2D eigenvalue weighted by atomic mass is 9.96. The molecule has 1 N–H and O–H groups in total. The summed E-state index contributed by atoms with van der Waals surface area (Å²) in [7, 11) is 0. The number of likely N-dealkylation sites (tertiary alicyclic amines) is 1. The largest absolute Gasteiger partial charge is 0.489 e. The van der Waals surface area contributed by atoms with E-state index in [1.807, 2.05) is 24.3 Å². The molecule has 4 heteroatoms. The van der Waals surface area contributed by atoms with Gasteiger partial charge >= 0.3 is 5.97 Å². The molecular formula is C30H31NO3. The SMILES string of the molecule is CC#CC(CC(=O)O)c1ccc(OCc2ccc(CN3CCC(c4ccccc4)C3)cc2)cc1. The Labute approximate surface area is 202 Å². The van der Waals surface area contributed by atoms with Crippen molar-refractivity contribution in [2.75, 3.05) is 13.1 Å². The number of hydrogen-bond acceptors (Lipinski definition) is 3. The van der Waals surface area contributed by atoms with E-state index in [1.165, 1.54) is 17.5 Å². The van der Waals surface area contributed by atoms with Crippen molar-refractivity contribution in [2.24, 2.45) is 0 Å². The summed E-state index contributed by atoms with van der Waals surface area (Å²) in [6.07, 6.45) is 1.22. The molecule has 1 aliphatic heterocycles. The third-order valence-electron chi connectivity index (χ3n) is 6.36. The summed E-state index contributed by atoms with van der Waals surface area (Å²) >= 11 is 0. The van der Waals surface area contributed by atoms with Crippen molar-refractivity contribution >= 4 is 5.97 Å². The van der Waals surface area contributed by atoms with E-state index in [-0.39, 0.29) is 12.3 Å². The number of ether oxygens (including phenoxy) is 1. The van der Waals surface area contributed by atoms with Crippen LogP contribution in [0, 0.1) is 11.8 Å². The van der Waals surface area contributed by atoms with E-state index in [0.29, 0.717) is 12.5 Å². The van der Waals surface area contributed by atoms with Crippen molar-refractivity contribution in [1.82, 2.24) is 4.90 Å². The second-order valence-corrected chi connectivity index (χ2v) is 8.85. The number of aliphatic carboxylic acids is 1. The lowest BCUT2D eigenvalue weighted by Crippen LogP contribution is -2.19. The number of hydrogen-bond donors (Lipinski definition) is 1. The first-order chi connectivity index (χ1) is 16.6. The van der Waals surface area contributed by atoms with Crippen molar-refractivity contribution in [3.05, 3.63) is 101 Å². The number of nitrogens with zero attached hydrogens (tertiary/aromatic N) is 1. The number of benzene rings is 3. The third-order valence-corrected chi connectivity index (χ3v) is 6.36. The van der Waals surface area contributed by atoms with Gasteiger partial charge < -0.3 is 9.84 Å². The van der Waals surface area contributed by atoms with Gasteiger partial charge in [0.1, 0.15) is 12.4 Å². The van der Waals surface area contributed by atoms with Crippen LogP contribution in [0.5, 0.6) is 5.75 Å². The lowest BCUT2D eigenvalue weighted by molar-refractivity contribution is -0.137. The first kappa shape index (κ1) is 23.6. The molecule has 0 bridgehead atoms. The fourth-order valence-corrected chi connectivity index (χ4v) is 4.54. The Hall–Kier alpha value is -3.55. The van der Waals surface area contributed by atoms with Crippen molar-refractivity contribution in [3.63, 3.8) is 0 Å². The summed E-state index contributed by atoms with van der Waals surface area (Å²) in [5.41, 5.74) is 4.78. The fraction of sp³-hybridized carbons (Fsp3) is 0.300. The normalized spacial score (nSPS) is 16.4. The van der Waals surface area contributed by atoms with E-state index in [1.54, 1.807) is 6.92 Å². The van der Waals surface area contributed by atoms with E-state index >= 15 is 0 Å². The van der Waals surface area contributed by atoms with Gasteiger partial charge in [0.15, 0.2) is 0 Å². The van der Waals surface area contributed by atoms with Crippen LogP contribution in [-0.4, -0.2) is 29.1 Å². The number of carbonyl (C=O) groups is 1. The van der Waals surface area contributed by atoms with Crippen LogP contribution in [0.2, 0.25) is 0 Å². The van der Waals surface area contributed by atoms with Crippen LogP contribution in [0.4, 0.5) is 0 Å². The van der Waals surface area contributed by atoms with E-state index in [2.05, 4.69) is 71.3 Å². The Morgan fingerprint density at radius 3 is 2.41 bits per heavy atom. The summed E-state index contributed by atoms with van der Waals surface area (Å²) in [4.78, 5) is 13.6. The minimum Gasteiger partial charge on any atom is -0.489 e. The number of rotatable bonds is 9. The predicted octanol–water partition coefficient (Wildman–Crippen LogP) is 5.84. The van der Waals surface area contributed by atoms with E-state index < -0.39 is 5.97 Å². The Kier molecular flexibility index (Phi) is 8.01. The van der Waals surface area contributed by atoms with E-state index in [4.69, 9.17) is 9.84 Å². The second-order valence-electron chi connectivity index (χ2n) is 8.85. The maximum Gasteiger partial charge on any atom is 0.304 e. The van der Waals surface area contributed by atoms with Crippen molar-refractivity contribution in [1.29, 1.82) is 0 Å². The molecule has 1 heterocycles. The van der Waals surface area contributed by atoms with Crippen molar-refractivity contribution in [3.8, 4) is 17.6 Å². The lowest BCUT2D eigenvalue weighted by Gasteiger charge is -2.16. The molecule has 0 amide bonds. The standard InChI is InChI=1S/C30H31NO3/c1-2-6-27(19-30(32)33)26-13-15-29(16-14-26)34-22-24-11-9-23(10-12-24)20-31-18-17-28(21-31)25-7-4-3-5-8-25/h3-5,7-16,27-28H,17-22H2,1H3,(H,32,33). The predicted molar refractivity (Wildman–Crippen MR) is 135 cm³/mol. The van der Waals surface area contributed by atoms with Gasteiger partial charge in [-0.05, 0) is 60.2 Å². The topological polar surface area (TPSA) is 49.8 Å². The van der Waals surface area contributed by atoms with Crippen LogP contribution in [-0.2, 0) is 17.9 Å². The number of carboxylic acids is 1. The van der Waals surface area contributed by atoms with Gasteiger partial charge in [-0.2, -0.15) is 0 Å². The summed E-state index contributed by atoms with van der Waals surface area (Å²) in [5.74, 6) is 6.04. The first-order valence-corrected chi connectivity index (χ1v) is 11.8. The highest BCUT2D eigenvalue weighted by atomic mass is 16.5. The highest BCUT2D eigenvalue weighted by molar-refractivity contribution is 5.69. The van der Waals surface area contributed by atoms with Gasteiger partial charge in [0.05, 0.1) is 12.3 Å². The van der Waals surface area contributed by atoms with Crippen molar-refractivity contribution < 1.29 is 14.6 Å². The Morgan fingerprint density at radius 1 is 1.03 bits per heavy atom. The van der Waals surface area contributed by atoms with Crippen molar-refractivity contribution in [2.45, 2.75) is 44.8 Å². The number of carboxylic acid groups (broad SMARTS) is 1. The molecule has 0 saturated carbocycles. The van der Waals surface area contributed by atoms with Crippen LogP contribution in [0.1, 0.15) is 53.9 Å². The van der Waals surface area contributed by atoms with Gasteiger partial charge in [-0.15, -0.1) is 5.92 Å². The van der Waals surface area contributed by atoms with Crippen LogP contribution >= 0.6 is 0 Å². The monoisotopic (exact) mass is 453 g/mol. The molecular weight excluding hydrogens is 422 g/mol. The fourth-order valence-electron chi connectivity index (χ4n) is 4.54. The molecule has 0 radical (unpaired) electrons. The highest BCUT2D eigenvalue weighted by Gasteiger charge is 2.23. The van der Waals surface area contributed by atoms with Gasteiger partial charge in [-0.25, -0.2) is 0 Å². The zero-order valence-electron chi connectivity index (χ0n) is 19.6. The van der Waals surface area contributed by atoms with Gasteiger partial charge in [-0.1, -0.05) is 72.7 Å². The van der Waals surface area contributed by atoms with Gasteiger partial charge in [0, 0.05) is 13.1 Å². The Morgan fingerprint density at radius 2 is 1.74 bits per heavy atom. The molecule has 4 rings (SSSR count). The van der Waals surface area contributed by atoms with E-state index in [0.717, 1.165) is 36.5 Å². The minimum absolute atomic E-state index is 0.00225. The zero-order valence-corrected chi connectivity index (χ0v) is 19.6. The molecule has 2 atom stereocenters. The molecule has 1 saturated heterocycles. The molecule has 34 heavy (non-hydrogen) atoms. The summed E-state index contributed by atoms with van der Waals surface area (Å²) in [6.45, 7) is 5.45. The molecule has 0 aliphatic carbocycles. The molecule has 0 aromatic heterocycles. The Balaban J connectivity index is 1.27. The maximum absolute atomic E-state index is 11.1. The summed E-state index contributed by atoms with van der Waals surface area (Å²) < 4.78 is 5.94. The first-order valence-electron chi connectivity index (χ1n) is 11.8. The average Bonchev–Trinajstić information content (AvgIpc) is 3.32. The van der Waals surface area contributed by atoms with Gasteiger partial charge in [0.2, 0.25) is 0 Å². The summed E-state index contributed by atoms with van der Waals surface area (Å²) in [5, 5.41) is 9.10. The molecule has 174 valence electrons. The quantitative estimate of drug-likeness (QED) is 0.414. The molecule has 0 spiro atoms. The van der Waals surface area contributed by atoms with E-state index in [9.17, 15) is 4.79 Å². The summed E-state index contributed by atoms with van der Waals surface area (Å²) in [6, 6.07) is 27.0. The molecule has 3 aromatic rings. The van der Waals surface area contributed by atoms with Crippen LogP contribution in [0.3, 0.4) is 0 Å². The van der Waals surface area contributed by atoms with Crippen LogP contribution < -0.4 is 4.74 Å². The minimum atomic E-state index is -0.850. The highest BCUT2D eigenvalue weighted by Crippen LogP contribution is 2.28. The molecule has 1 aliphatic rings. The Bertz CT molecular complexity index is 1130. The molecule has 4 nitrogen and oxygen atoms in total. The van der Waals surface area contributed by atoms with Crippen LogP contribution in [0.25, 0.3) is 0 Å². The molecule has 2 unspecified atom stereocenters.